The quantitative estimate of drug-likeness (QED) is 0.823. The summed E-state index contributed by atoms with van der Waals surface area (Å²) in [5.74, 6) is 0.404. The van der Waals surface area contributed by atoms with Gasteiger partial charge in [-0.25, -0.2) is 4.79 Å². The van der Waals surface area contributed by atoms with Crippen molar-refractivity contribution in [1.29, 1.82) is 0 Å². The van der Waals surface area contributed by atoms with Gasteiger partial charge in [0.2, 0.25) is 5.91 Å². The number of hydrogen-bond acceptors (Lipinski definition) is 3. The lowest BCUT2D eigenvalue weighted by Gasteiger charge is -2.44. The Kier molecular flexibility index (Phi) is 5.62. The standard InChI is InChI=1S/C21H36N4O2/c1-15(2)20(26)24-13-7-16(8-14-24)23-11-9-17(10-12-23)25-19-6-4-3-5-18(19)22-21(25)27/h15-19H,3-14H2,1-2H3,(H,22,27)/t18-,19-/m0/s1. The molecule has 0 spiro atoms. The molecule has 0 aromatic heterocycles. The molecule has 6 heteroatoms. The summed E-state index contributed by atoms with van der Waals surface area (Å²) < 4.78 is 0. The molecule has 27 heavy (non-hydrogen) atoms. The zero-order valence-corrected chi connectivity index (χ0v) is 17.0. The fourth-order valence-corrected chi connectivity index (χ4v) is 5.78. The highest BCUT2D eigenvalue weighted by atomic mass is 16.2. The third-order valence-corrected chi connectivity index (χ3v) is 7.31. The van der Waals surface area contributed by atoms with Gasteiger partial charge < -0.3 is 20.0 Å². The molecule has 4 aliphatic rings. The predicted molar refractivity (Wildman–Crippen MR) is 105 cm³/mol. The summed E-state index contributed by atoms with van der Waals surface area (Å²) in [7, 11) is 0. The Morgan fingerprint density at radius 3 is 2.22 bits per heavy atom. The molecule has 3 saturated heterocycles. The second kappa shape index (κ2) is 7.98. The lowest BCUT2D eigenvalue weighted by molar-refractivity contribution is -0.136. The molecule has 0 unspecified atom stereocenters. The van der Waals surface area contributed by atoms with Crippen LogP contribution in [0.5, 0.6) is 0 Å². The number of nitrogens with one attached hydrogen (secondary N) is 1. The van der Waals surface area contributed by atoms with E-state index in [-0.39, 0.29) is 11.9 Å². The van der Waals surface area contributed by atoms with Crippen LogP contribution in [0, 0.1) is 5.92 Å². The van der Waals surface area contributed by atoms with E-state index in [9.17, 15) is 9.59 Å². The van der Waals surface area contributed by atoms with Crippen LogP contribution >= 0.6 is 0 Å². The van der Waals surface area contributed by atoms with Crippen molar-refractivity contribution in [3.63, 3.8) is 0 Å². The Bertz CT molecular complexity index is 550. The zero-order valence-electron chi connectivity index (χ0n) is 17.0. The van der Waals surface area contributed by atoms with E-state index < -0.39 is 0 Å². The second-order valence-electron chi connectivity index (χ2n) is 9.29. The fraction of sp³-hybridized carbons (Fsp3) is 0.905. The number of piperidine rings is 2. The highest BCUT2D eigenvalue weighted by Gasteiger charge is 2.44. The van der Waals surface area contributed by atoms with Gasteiger partial charge >= 0.3 is 6.03 Å². The molecule has 1 aliphatic carbocycles. The number of amides is 3. The number of hydrogen-bond donors (Lipinski definition) is 1. The van der Waals surface area contributed by atoms with Crippen molar-refractivity contribution < 1.29 is 9.59 Å². The van der Waals surface area contributed by atoms with E-state index >= 15 is 0 Å². The number of fused-ring (bicyclic) bond motifs is 1. The van der Waals surface area contributed by atoms with Gasteiger partial charge in [-0.15, -0.1) is 0 Å². The van der Waals surface area contributed by atoms with Crippen molar-refractivity contribution in [3.05, 3.63) is 0 Å². The molecule has 3 heterocycles. The van der Waals surface area contributed by atoms with E-state index in [4.69, 9.17) is 0 Å². The Morgan fingerprint density at radius 1 is 0.926 bits per heavy atom. The molecule has 4 rings (SSSR count). The maximum Gasteiger partial charge on any atom is 0.318 e. The maximum absolute atomic E-state index is 12.5. The third-order valence-electron chi connectivity index (χ3n) is 7.31. The highest BCUT2D eigenvalue weighted by Crippen LogP contribution is 2.33. The Morgan fingerprint density at radius 2 is 1.56 bits per heavy atom. The highest BCUT2D eigenvalue weighted by molar-refractivity contribution is 5.78. The summed E-state index contributed by atoms with van der Waals surface area (Å²) in [5, 5.41) is 3.24. The molecule has 2 atom stereocenters. The molecule has 0 aromatic carbocycles. The van der Waals surface area contributed by atoms with Crippen LogP contribution in [0.1, 0.15) is 65.2 Å². The first-order valence-electron chi connectivity index (χ1n) is 11.2. The topological polar surface area (TPSA) is 55.9 Å². The summed E-state index contributed by atoms with van der Waals surface area (Å²) in [6, 6.07) is 2.04. The molecule has 6 nitrogen and oxygen atoms in total. The second-order valence-corrected chi connectivity index (χ2v) is 9.29. The van der Waals surface area contributed by atoms with E-state index in [1.807, 2.05) is 18.7 Å². The third kappa shape index (κ3) is 3.82. The molecule has 4 fully saturated rings. The first-order valence-corrected chi connectivity index (χ1v) is 11.2. The van der Waals surface area contributed by atoms with Crippen LogP contribution in [0.3, 0.4) is 0 Å². The number of urea groups is 1. The molecule has 152 valence electrons. The number of nitrogens with zero attached hydrogens (tertiary/aromatic N) is 3. The SMILES string of the molecule is CC(C)C(=O)N1CCC(N2CCC(N3C(=O)N[C@H]4CCCC[C@@H]43)CC2)CC1. The van der Waals surface area contributed by atoms with E-state index in [1.165, 1.54) is 19.3 Å². The monoisotopic (exact) mass is 376 g/mol. The van der Waals surface area contributed by atoms with E-state index in [0.717, 1.165) is 58.3 Å². The molecule has 3 aliphatic heterocycles. The predicted octanol–water partition coefficient (Wildman–Crippen LogP) is 2.43. The van der Waals surface area contributed by atoms with Crippen molar-refractivity contribution in [2.24, 2.45) is 5.92 Å². The molecule has 0 aromatic rings. The Balaban J connectivity index is 1.27. The average molecular weight is 377 g/mol. The van der Waals surface area contributed by atoms with Gasteiger partial charge in [-0.3, -0.25) is 4.79 Å². The van der Waals surface area contributed by atoms with Crippen molar-refractivity contribution in [2.75, 3.05) is 26.2 Å². The van der Waals surface area contributed by atoms with Crippen molar-refractivity contribution in [2.45, 2.75) is 89.4 Å². The summed E-state index contributed by atoms with van der Waals surface area (Å²) in [6.07, 6.45) is 9.23. The zero-order chi connectivity index (χ0) is 19.0. The minimum absolute atomic E-state index is 0.104. The van der Waals surface area contributed by atoms with Crippen LogP contribution in [0.15, 0.2) is 0 Å². The largest absolute Gasteiger partial charge is 0.342 e. The van der Waals surface area contributed by atoms with Crippen LogP contribution in [-0.4, -0.2) is 77.0 Å². The molecule has 1 N–H and O–H groups in total. The van der Waals surface area contributed by atoms with Crippen LogP contribution < -0.4 is 5.32 Å². The van der Waals surface area contributed by atoms with Crippen LogP contribution in [-0.2, 0) is 4.79 Å². The van der Waals surface area contributed by atoms with Crippen molar-refractivity contribution >= 4 is 11.9 Å². The van der Waals surface area contributed by atoms with E-state index in [2.05, 4.69) is 15.1 Å². The Labute approximate surface area is 163 Å². The molecular formula is C21H36N4O2. The van der Waals surface area contributed by atoms with Gasteiger partial charge in [-0.1, -0.05) is 26.7 Å². The number of carbonyl (C=O) groups excluding carboxylic acids is 2. The van der Waals surface area contributed by atoms with Crippen LogP contribution in [0.2, 0.25) is 0 Å². The van der Waals surface area contributed by atoms with Crippen LogP contribution in [0.4, 0.5) is 4.79 Å². The summed E-state index contributed by atoms with van der Waals surface area (Å²) in [4.78, 5) is 31.6. The lowest BCUT2D eigenvalue weighted by Crippen LogP contribution is -2.54. The number of carbonyl (C=O) groups is 2. The minimum Gasteiger partial charge on any atom is -0.342 e. The van der Waals surface area contributed by atoms with Crippen molar-refractivity contribution in [1.82, 2.24) is 20.0 Å². The summed E-state index contributed by atoms with van der Waals surface area (Å²) in [5.41, 5.74) is 0. The average Bonchev–Trinajstić information content (AvgIpc) is 3.03. The lowest BCUT2D eigenvalue weighted by atomic mass is 9.89. The van der Waals surface area contributed by atoms with Gasteiger partial charge in [0.05, 0.1) is 12.1 Å². The molecular weight excluding hydrogens is 340 g/mol. The van der Waals surface area contributed by atoms with E-state index in [0.29, 0.717) is 30.1 Å². The number of rotatable bonds is 3. The molecule has 0 bridgehead atoms. The summed E-state index contributed by atoms with van der Waals surface area (Å²) in [6.45, 7) is 7.97. The van der Waals surface area contributed by atoms with Gasteiger partial charge in [-0.05, 0) is 38.5 Å². The normalized spacial score (nSPS) is 31.3. The van der Waals surface area contributed by atoms with Gasteiger partial charge in [0.25, 0.3) is 0 Å². The summed E-state index contributed by atoms with van der Waals surface area (Å²) >= 11 is 0. The van der Waals surface area contributed by atoms with Gasteiger partial charge in [0, 0.05) is 44.2 Å². The van der Waals surface area contributed by atoms with E-state index in [1.54, 1.807) is 0 Å². The molecule has 1 saturated carbocycles. The first-order chi connectivity index (χ1) is 13.0. The first kappa shape index (κ1) is 19.0. The molecule has 3 amide bonds. The van der Waals surface area contributed by atoms with Crippen LogP contribution in [0.25, 0.3) is 0 Å². The smallest absolute Gasteiger partial charge is 0.318 e. The van der Waals surface area contributed by atoms with Gasteiger partial charge in [-0.2, -0.15) is 0 Å². The fourth-order valence-electron chi connectivity index (χ4n) is 5.78. The van der Waals surface area contributed by atoms with Crippen molar-refractivity contribution in [3.8, 4) is 0 Å². The van der Waals surface area contributed by atoms with Gasteiger partial charge in [0.1, 0.15) is 0 Å². The number of likely N-dealkylation sites (tertiary alicyclic amines) is 2. The minimum atomic E-state index is 0.104. The Hall–Kier alpha value is -1.30. The van der Waals surface area contributed by atoms with Gasteiger partial charge in [0.15, 0.2) is 0 Å². The molecule has 0 radical (unpaired) electrons. The maximum atomic E-state index is 12.5.